The number of halogens is 3. The maximum absolute atomic E-state index is 12.6. The van der Waals surface area contributed by atoms with E-state index in [1.807, 2.05) is 13.8 Å². The summed E-state index contributed by atoms with van der Waals surface area (Å²) in [6.07, 6.45) is 1.60. The molecule has 0 aliphatic heterocycles. The molecule has 2 rings (SSSR count). The summed E-state index contributed by atoms with van der Waals surface area (Å²) < 4.78 is 2.30. The van der Waals surface area contributed by atoms with Crippen molar-refractivity contribution in [3.63, 3.8) is 0 Å². The number of nitrogens with zero attached hydrogens (tertiary/aromatic N) is 2. The highest BCUT2D eigenvalue weighted by Gasteiger charge is 2.22. The van der Waals surface area contributed by atoms with Crippen molar-refractivity contribution < 1.29 is 4.79 Å². The first kappa shape index (κ1) is 14.6. The van der Waals surface area contributed by atoms with Crippen LogP contribution in [0.2, 0.25) is 10.0 Å². The topological polar surface area (TPSA) is 34.9 Å². The van der Waals surface area contributed by atoms with Gasteiger partial charge in [-0.15, -0.1) is 0 Å². The van der Waals surface area contributed by atoms with Crippen molar-refractivity contribution in [3.8, 4) is 0 Å². The fourth-order valence-electron chi connectivity index (χ4n) is 1.74. The summed E-state index contributed by atoms with van der Waals surface area (Å²) in [5.74, 6) is -0.203. The molecule has 0 radical (unpaired) electrons. The lowest BCUT2D eigenvalue weighted by Crippen LogP contribution is -2.14. The summed E-state index contributed by atoms with van der Waals surface area (Å²) in [6, 6.07) is 4.90. The van der Waals surface area contributed by atoms with E-state index < -0.39 is 0 Å². The second kappa shape index (κ2) is 5.65. The number of carbonyl (C=O) groups excluding carboxylic acids is 1. The van der Waals surface area contributed by atoms with E-state index in [0.717, 1.165) is 0 Å². The van der Waals surface area contributed by atoms with E-state index in [-0.39, 0.29) is 11.8 Å². The highest BCUT2D eigenvalue weighted by atomic mass is 79.9. The van der Waals surface area contributed by atoms with Crippen LogP contribution in [0.5, 0.6) is 0 Å². The quantitative estimate of drug-likeness (QED) is 0.738. The summed E-state index contributed by atoms with van der Waals surface area (Å²) in [7, 11) is 0. The van der Waals surface area contributed by atoms with Crippen LogP contribution in [0.3, 0.4) is 0 Å². The van der Waals surface area contributed by atoms with Crippen LogP contribution in [0.25, 0.3) is 0 Å². The maximum atomic E-state index is 12.6. The van der Waals surface area contributed by atoms with Crippen molar-refractivity contribution in [2.45, 2.75) is 19.9 Å². The van der Waals surface area contributed by atoms with Gasteiger partial charge in [0.15, 0.2) is 0 Å². The smallest absolute Gasteiger partial charge is 0.213 e. The fourth-order valence-corrected chi connectivity index (χ4v) is 2.57. The van der Waals surface area contributed by atoms with E-state index in [1.54, 1.807) is 29.1 Å². The Morgan fingerprint density at radius 2 is 2.05 bits per heavy atom. The lowest BCUT2D eigenvalue weighted by Gasteiger charge is -2.11. The summed E-state index contributed by atoms with van der Waals surface area (Å²) in [6.45, 7) is 3.91. The van der Waals surface area contributed by atoms with Gasteiger partial charge in [-0.3, -0.25) is 9.48 Å². The Kier molecular flexibility index (Phi) is 4.33. The molecule has 1 heterocycles. The van der Waals surface area contributed by atoms with Crippen molar-refractivity contribution in [3.05, 3.63) is 50.2 Å². The molecule has 0 aliphatic rings. The molecule has 0 atom stereocenters. The molecule has 0 aliphatic carbocycles. The average molecular weight is 362 g/mol. The Morgan fingerprint density at radius 3 is 2.68 bits per heavy atom. The highest BCUT2D eigenvalue weighted by Crippen LogP contribution is 2.27. The zero-order valence-electron chi connectivity index (χ0n) is 10.3. The molecule has 0 N–H and O–H groups in total. The number of aromatic nitrogens is 2. The molecule has 6 heteroatoms. The van der Waals surface area contributed by atoms with E-state index >= 15 is 0 Å². The third-order valence-electron chi connectivity index (χ3n) is 2.63. The number of ketones is 1. The minimum Gasteiger partial charge on any atom is -0.287 e. The number of benzene rings is 1. The largest absolute Gasteiger partial charge is 0.287 e. The van der Waals surface area contributed by atoms with Gasteiger partial charge in [0, 0.05) is 16.6 Å². The number of hydrogen-bond donors (Lipinski definition) is 0. The normalized spacial score (nSPS) is 11.1. The van der Waals surface area contributed by atoms with Gasteiger partial charge in [-0.2, -0.15) is 5.10 Å². The third kappa shape index (κ3) is 2.86. The van der Waals surface area contributed by atoms with Crippen LogP contribution in [0, 0.1) is 0 Å². The Hall–Kier alpha value is -0.840. The molecular weight excluding hydrogens is 351 g/mol. The predicted octanol–water partition coefficient (Wildman–Crippen LogP) is 4.76. The molecule has 100 valence electrons. The van der Waals surface area contributed by atoms with Gasteiger partial charge in [0.1, 0.15) is 5.69 Å². The lowest BCUT2D eigenvalue weighted by molar-refractivity contribution is 0.102. The van der Waals surface area contributed by atoms with Gasteiger partial charge in [0.2, 0.25) is 5.78 Å². The highest BCUT2D eigenvalue weighted by molar-refractivity contribution is 9.10. The molecular formula is C13H11BrCl2N2O. The van der Waals surface area contributed by atoms with Crippen LogP contribution < -0.4 is 0 Å². The molecule has 19 heavy (non-hydrogen) atoms. The van der Waals surface area contributed by atoms with E-state index in [0.29, 0.717) is 25.8 Å². The Morgan fingerprint density at radius 1 is 1.37 bits per heavy atom. The molecule has 1 aromatic carbocycles. The Bertz CT molecular complexity index is 638. The van der Waals surface area contributed by atoms with Gasteiger partial charge in [-0.05, 0) is 48.0 Å². The van der Waals surface area contributed by atoms with Crippen molar-refractivity contribution in [1.82, 2.24) is 9.78 Å². The maximum Gasteiger partial charge on any atom is 0.213 e. The molecule has 2 aromatic rings. The third-order valence-corrected chi connectivity index (χ3v) is 3.77. The van der Waals surface area contributed by atoms with Gasteiger partial charge in [0.05, 0.1) is 15.7 Å². The zero-order valence-corrected chi connectivity index (χ0v) is 13.4. The summed E-state index contributed by atoms with van der Waals surface area (Å²) >= 11 is 15.3. The van der Waals surface area contributed by atoms with Gasteiger partial charge in [0.25, 0.3) is 0 Å². The van der Waals surface area contributed by atoms with E-state index in [2.05, 4.69) is 21.0 Å². The molecule has 1 aromatic heterocycles. The molecule has 0 unspecified atom stereocenters. The van der Waals surface area contributed by atoms with Crippen molar-refractivity contribution in [2.75, 3.05) is 0 Å². The molecule has 0 spiro atoms. The van der Waals surface area contributed by atoms with Crippen LogP contribution in [0.15, 0.2) is 28.9 Å². The van der Waals surface area contributed by atoms with E-state index in [1.165, 1.54) is 0 Å². The number of carbonyl (C=O) groups is 1. The van der Waals surface area contributed by atoms with Gasteiger partial charge < -0.3 is 0 Å². The average Bonchev–Trinajstić information content (AvgIpc) is 2.73. The van der Waals surface area contributed by atoms with Gasteiger partial charge >= 0.3 is 0 Å². The molecule has 0 saturated carbocycles. The van der Waals surface area contributed by atoms with Crippen LogP contribution in [-0.2, 0) is 0 Å². The molecule has 0 saturated heterocycles. The van der Waals surface area contributed by atoms with Crippen LogP contribution in [-0.4, -0.2) is 15.6 Å². The summed E-state index contributed by atoms with van der Waals surface area (Å²) in [4.78, 5) is 12.6. The fraction of sp³-hybridized carbons (Fsp3) is 0.231. The van der Waals surface area contributed by atoms with Crippen LogP contribution in [0.1, 0.15) is 35.9 Å². The summed E-state index contributed by atoms with van der Waals surface area (Å²) in [5, 5.41) is 5.03. The van der Waals surface area contributed by atoms with Gasteiger partial charge in [-0.1, -0.05) is 23.2 Å². The van der Waals surface area contributed by atoms with Crippen LogP contribution in [0.4, 0.5) is 0 Å². The summed E-state index contributed by atoms with van der Waals surface area (Å²) in [5.41, 5.74) is 0.844. The first-order chi connectivity index (χ1) is 8.91. The lowest BCUT2D eigenvalue weighted by atomic mass is 10.1. The van der Waals surface area contributed by atoms with E-state index in [9.17, 15) is 4.79 Å². The second-order valence-electron chi connectivity index (χ2n) is 4.33. The minimum absolute atomic E-state index is 0.0724. The standard InChI is InChI=1S/C13H11BrCl2N2O/c1-7(2)18-12(10(14)6-17-18)13(19)9-5-8(15)3-4-11(9)16/h3-7H,1-2H3. The second-order valence-corrected chi connectivity index (χ2v) is 6.03. The zero-order chi connectivity index (χ0) is 14.2. The monoisotopic (exact) mass is 360 g/mol. The number of hydrogen-bond acceptors (Lipinski definition) is 2. The number of rotatable bonds is 3. The molecule has 0 fully saturated rings. The Labute approximate surface area is 129 Å². The first-order valence-electron chi connectivity index (χ1n) is 5.64. The molecule has 0 bridgehead atoms. The van der Waals surface area contributed by atoms with E-state index in [4.69, 9.17) is 23.2 Å². The van der Waals surface area contributed by atoms with Crippen molar-refractivity contribution >= 4 is 44.9 Å². The molecule has 0 amide bonds. The van der Waals surface area contributed by atoms with Crippen molar-refractivity contribution in [1.29, 1.82) is 0 Å². The Balaban J connectivity index is 2.56. The first-order valence-corrected chi connectivity index (χ1v) is 7.19. The van der Waals surface area contributed by atoms with Crippen molar-refractivity contribution in [2.24, 2.45) is 0 Å². The minimum atomic E-state index is -0.203. The predicted molar refractivity (Wildman–Crippen MR) is 80.2 cm³/mol. The molecule has 3 nitrogen and oxygen atoms in total. The SMILES string of the molecule is CC(C)n1ncc(Br)c1C(=O)c1cc(Cl)ccc1Cl. The van der Waals surface area contributed by atoms with Gasteiger partial charge in [-0.25, -0.2) is 0 Å². The van der Waals surface area contributed by atoms with Crippen LogP contribution >= 0.6 is 39.1 Å².